The van der Waals surface area contributed by atoms with Crippen molar-refractivity contribution in [2.45, 2.75) is 51.7 Å². The van der Waals surface area contributed by atoms with Crippen LogP contribution in [0.5, 0.6) is 0 Å². The van der Waals surface area contributed by atoms with E-state index in [0.29, 0.717) is 13.1 Å². The number of alkyl carbamates (subject to hydrolysis) is 1. The molecule has 1 aromatic heterocycles. The lowest BCUT2D eigenvalue weighted by atomic mass is 10.0. The quantitative estimate of drug-likeness (QED) is 0.852. The third-order valence-electron chi connectivity index (χ3n) is 3.89. The number of ether oxygens (including phenoxy) is 1. The van der Waals surface area contributed by atoms with Gasteiger partial charge in [0.25, 0.3) is 0 Å². The highest BCUT2D eigenvalue weighted by atomic mass is 16.6. The van der Waals surface area contributed by atoms with Crippen LogP contribution in [0.1, 0.15) is 45.6 Å². The van der Waals surface area contributed by atoms with Crippen molar-refractivity contribution >= 4 is 18.1 Å². The number of hydrogen-bond acceptors (Lipinski definition) is 4. The van der Waals surface area contributed by atoms with E-state index in [1.807, 2.05) is 37.8 Å². The minimum Gasteiger partial charge on any atom is -0.444 e. The maximum Gasteiger partial charge on any atom is 0.407 e. The Balaban J connectivity index is 1.92. The largest absolute Gasteiger partial charge is 0.444 e. The number of piperidine rings is 1. The van der Waals surface area contributed by atoms with E-state index in [0.717, 1.165) is 24.8 Å². The lowest BCUT2D eigenvalue weighted by molar-refractivity contribution is -0.129. The van der Waals surface area contributed by atoms with Gasteiger partial charge in [-0.3, -0.25) is 9.78 Å². The molecule has 0 bridgehead atoms. The average Bonchev–Trinajstić information content (AvgIpc) is 2.57. The van der Waals surface area contributed by atoms with E-state index in [9.17, 15) is 9.59 Å². The van der Waals surface area contributed by atoms with Crippen LogP contribution in [0.4, 0.5) is 4.79 Å². The van der Waals surface area contributed by atoms with E-state index < -0.39 is 11.7 Å². The normalized spacial score (nSPS) is 18.2. The summed E-state index contributed by atoms with van der Waals surface area (Å²) in [5.74, 6) is -0.0421. The Bertz CT molecular complexity index is 608. The summed E-state index contributed by atoms with van der Waals surface area (Å²) >= 11 is 0. The van der Waals surface area contributed by atoms with Gasteiger partial charge in [0, 0.05) is 37.6 Å². The standard InChI is InChI=1S/C19H27N3O3/c1-19(2,3)25-18(24)21-14-16-8-4-5-12-22(16)17(23)10-9-15-7-6-11-20-13-15/h6-7,9-11,13,16H,4-5,8,12,14H2,1-3H3,(H,21,24)/b10-9+. The summed E-state index contributed by atoms with van der Waals surface area (Å²) < 4.78 is 5.26. The number of likely N-dealkylation sites (tertiary alicyclic amines) is 1. The van der Waals surface area contributed by atoms with Crippen LogP contribution in [0.2, 0.25) is 0 Å². The fourth-order valence-electron chi connectivity index (χ4n) is 2.76. The monoisotopic (exact) mass is 345 g/mol. The molecule has 1 unspecified atom stereocenters. The zero-order chi connectivity index (χ0) is 18.3. The molecule has 0 radical (unpaired) electrons. The summed E-state index contributed by atoms with van der Waals surface area (Å²) in [5, 5.41) is 2.78. The van der Waals surface area contributed by atoms with Gasteiger partial charge < -0.3 is 15.0 Å². The molecule has 1 aromatic rings. The first-order chi connectivity index (χ1) is 11.8. The molecular formula is C19H27N3O3. The zero-order valence-electron chi connectivity index (χ0n) is 15.2. The third kappa shape index (κ3) is 6.57. The van der Waals surface area contributed by atoms with Gasteiger partial charge in [-0.1, -0.05) is 6.07 Å². The van der Waals surface area contributed by atoms with E-state index >= 15 is 0 Å². The lowest BCUT2D eigenvalue weighted by Gasteiger charge is -2.35. The molecule has 2 amide bonds. The maximum absolute atomic E-state index is 12.5. The lowest BCUT2D eigenvalue weighted by Crippen LogP contribution is -2.49. The predicted molar refractivity (Wildman–Crippen MR) is 96.9 cm³/mol. The molecule has 1 saturated heterocycles. The van der Waals surface area contributed by atoms with Crippen LogP contribution in [-0.4, -0.2) is 46.6 Å². The molecule has 1 aliphatic heterocycles. The fraction of sp³-hybridized carbons (Fsp3) is 0.526. The molecule has 0 aliphatic carbocycles. The molecule has 6 heteroatoms. The van der Waals surface area contributed by atoms with Crippen molar-refractivity contribution in [3.63, 3.8) is 0 Å². The van der Waals surface area contributed by atoms with E-state index in [1.54, 1.807) is 24.5 Å². The van der Waals surface area contributed by atoms with Crippen LogP contribution in [-0.2, 0) is 9.53 Å². The number of amides is 2. The Kier molecular flexibility index (Phi) is 6.56. The van der Waals surface area contributed by atoms with Gasteiger partial charge >= 0.3 is 6.09 Å². The number of aromatic nitrogens is 1. The summed E-state index contributed by atoms with van der Waals surface area (Å²) in [6.45, 7) is 6.59. The highest BCUT2D eigenvalue weighted by molar-refractivity contribution is 5.92. The first-order valence-electron chi connectivity index (χ1n) is 8.71. The summed E-state index contributed by atoms with van der Waals surface area (Å²) in [6, 6.07) is 3.72. The second kappa shape index (κ2) is 8.65. The minimum absolute atomic E-state index is 0.00711. The third-order valence-corrected chi connectivity index (χ3v) is 3.89. The van der Waals surface area contributed by atoms with E-state index in [1.165, 1.54) is 0 Å². The second-order valence-electron chi connectivity index (χ2n) is 7.18. The number of carbonyl (C=O) groups excluding carboxylic acids is 2. The molecular weight excluding hydrogens is 318 g/mol. The summed E-state index contributed by atoms with van der Waals surface area (Å²) in [7, 11) is 0. The van der Waals surface area contributed by atoms with Gasteiger partial charge in [0.05, 0.1) is 0 Å². The van der Waals surface area contributed by atoms with Crippen LogP contribution < -0.4 is 5.32 Å². The number of pyridine rings is 1. The van der Waals surface area contributed by atoms with Crippen molar-refractivity contribution in [3.05, 3.63) is 36.2 Å². The molecule has 25 heavy (non-hydrogen) atoms. The Labute approximate surface area is 149 Å². The SMILES string of the molecule is CC(C)(C)OC(=O)NCC1CCCCN1C(=O)/C=C/c1cccnc1. The van der Waals surface area contributed by atoms with Crippen molar-refractivity contribution in [1.29, 1.82) is 0 Å². The summed E-state index contributed by atoms with van der Waals surface area (Å²) in [5.41, 5.74) is 0.356. The second-order valence-corrected chi connectivity index (χ2v) is 7.18. The number of carbonyl (C=O) groups is 2. The van der Waals surface area contributed by atoms with Crippen LogP contribution in [0.15, 0.2) is 30.6 Å². The fourth-order valence-corrected chi connectivity index (χ4v) is 2.76. The highest BCUT2D eigenvalue weighted by Gasteiger charge is 2.26. The van der Waals surface area contributed by atoms with Crippen molar-refractivity contribution in [1.82, 2.24) is 15.2 Å². The molecule has 0 spiro atoms. The predicted octanol–water partition coefficient (Wildman–Crippen LogP) is 3.00. The van der Waals surface area contributed by atoms with Crippen LogP contribution in [0.25, 0.3) is 6.08 Å². The van der Waals surface area contributed by atoms with Crippen molar-refractivity contribution in [2.75, 3.05) is 13.1 Å². The number of nitrogens with one attached hydrogen (secondary N) is 1. The maximum atomic E-state index is 12.5. The van der Waals surface area contributed by atoms with Crippen LogP contribution >= 0.6 is 0 Å². The Morgan fingerprint density at radius 3 is 2.88 bits per heavy atom. The molecule has 1 fully saturated rings. The van der Waals surface area contributed by atoms with Crippen molar-refractivity contribution in [2.24, 2.45) is 0 Å². The number of hydrogen-bond donors (Lipinski definition) is 1. The van der Waals surface area contributed by atoms with Gasteiger partial charge in [0.1, 0.15) is 5.60 Å². The summed E-state index contributed by atoms with van der Waals surface area (Å²) in [6.07, 6.45) is 9.21. The molecule has 1 aliphatic rings. The molecule has 0 saturated carbocycles. The van der Waals surface area contributed by atoms with Gasteiger partial charge in [-0.2, -0.15) is 0 Å². The van der Waals surface area contributed by atoms with Gasteiger partial charge in [0.15, 0.2) is 0 Å². The molecule has 136 valence electrons. The molecule has 2 rings (SSSR count). The van der Waals surface area contributed by atoms with Gasteiger partial charge in [-0.05, 0) is 57.7 Å². The van der Waals surface area contributed by atoms with E-state index in [4.69, 9.17) is 4.74 Å². The first kappa shape index (κ1) is 19.0. The molecule has 0 aromatic carbocycles. The highest BCUT2D eigenvalue weighted by Crippen LogP contribution is 2.17. The van der Waals surface area contributed by atoms with Crippen molar-refractivity contribution in [3.8, 4) is 0 Å². The van der Waals surface area contributed by atoms with Crippen LogP contribution in [0, 0.1) is 0 Å². The first-order valence-corrected chi connectivity index (χ1v) is 8.71. The molecule has 6 nitrogen and oxygen atoms in total. The van der Waals surface area contributed by atoms with Gasteiger partial charge in [0.2, 0.25) is 5.91 Å². The number of rotatable bonds is 4. The Morgan fingerprint density at radius 1 is 1.40 bits per heavy atom. The Morgan fingerprint density at radius 2 is 2.20 bits per heavy atom. The topological polar surface area (TPSA) is 71.5 Å². The average molecular weight is 345 g/mol. The van der Waals surface area contributed by atoms with E-state index in [-0.39, 0.29) is 11.9 Å². The smallest absolute Gasteiger partial charge is 0.407 e. The molecule has 1 atom stereocenters. The summed E-state index contributed by atoms with van der Waals surface area (Å²) in [4.78, 5) is 30.2. The van der Waals surface area contributed by atoms with Crippen LogP contribution in [0.3, 0.4) is 0 Å². The number of nitrogens with zero attached hydrogens (tertiary/aromatic N) is 2. The van der Waals surface area contributed by atoms with Crippen molar-refractivity contribution < 1.29 is 14.3 Å². The van der Waals surface area contributed by atoms with E-state index in [2.05, 4.69) is 10.3 Å². The molecule has 2 heterocycles. The van der Waals surface area contributed by atoms with Gasteiger partial charge in [-0.15, -0.1) is 0 Å². The minimum atomic E-state index is -0.529. The Hall–Kier alpha value is -2.37. The zero-order valence-corrected chi connectivity index (χ0v) is 15.2. The molecule has 1 N–H and O–H groups in total. The van der Waals surface area contributed by atoms with Gasteiger partial charge in [-0.25, -0.2) is 4.79 Å².